The van der Waals surface area contributed by atoms with Crippen molar-refractivity contribution in [1.82, 2.24) is 4.98 Å². The van der Waals surface area contributed by atoms with E-state index in [4.69, 9.17) is 0 Å². The van der Waals surface area contributed by atoms with Crippen molar-refractivity contribution in [2.24, 2.45) is 0 Å². The minimum absolute atomic E-state index is 0.00537. The molecule has 4 heteroatoms. The highest BCUT2D eigenvalue weighted by molar-refractivity contribution is 5.95. The van der Waals surface area contributed by atoms with Gasteiger partial charge in [-0.3, -0.25) is 9.78 Å². The number of aryl methyl sites for hydroxylation is 1. The molecule has 1 amide bonds. The van der Waals surface area contributed by atoms with Crippen molar-refractivity contribution in [2.75, 3.05) is 11.4 Å². The van der Waals surface area contributed by atoms with Crippen molar-refractivity contribution in [3.05, 3.63) is 53.9 Å². The lowest BCUT2D eigenvalue weighted by Gasteiger charge is -2.23. The van der Waals surface area contributed by atoms with Gasteiger partial charge in [0.15, 0.2) is 0 Å². The standard InChI is InChI=1S/C16H18N2O2/c1-3-18(15-10-14(19)7-6-12(15)2)16(20)9-13-5-4-8-17-11-13/h4-8,10-11,19H,3,9H2,1-2H3. The molecule has 0 radical (unpaired) electrons. The second-order valence-corrected chi connectivity index (χ2v) is 4.65. The minimum Gasteiger partial charge on any atom is -0.508 e. The average molecular weight is 270 g/mol. The van der Waals surface area contributed by atoms with Crippen LogP contribution in [0.4, 0.5) is 5.69 Å². The maximum atomic E-state index is 12.4. The smallest absolute Gasteiger partial charge is 0.231 e. The summed E-state index contributed by atoms with van der Waals surface area (Å²) in [5.41, 5.74) is 2.60. The molecule has 104 valence electrons. The zero-order valence-electron chi connectivity index (χ0n) is 11.7. The molecule has 0 aliphatic carbocycles. The van der Waals surface area contributed by atoms with E-state index in [1.54, 1.807) is 29.4 Å². The van der Waals surface area contributed by atoms with Crippen LogP contribution in [0.2, 0.25) is 0 Å². The molecule has 1 heterocycles. The first-order chi connectivity index (χ1) is 9.61. The Morgan fingerprint density at radius 1 is 1.35 bits per heavy atom. The SMILES string of the molecule is CCN(C(=O)Cc1cccnc1)c1cc(O)ccc1C. The number of rotatable bonds is 4. The van der Waals surface area contributed by atoms with E-state index in [0.29, 0.717) is 13.0 Å². The number of carbonyl (C=O) groups excluding carboxylic acids is 1. The van der Waals surface area contributed by atoms with Gasteiger partial charge in [0.2, 0.25) is 5.91 Å². The monoisotopic (exact) mass is 270 g/mol. The van der Waals surface area contributed by atoms with Crippen LogP contribution in [0.1, 0.15) is 18.1 Å². The molecule has 20 heavy (non-hydrogen) atoms. The molecule has 4 nitrogen and oxygen atoms in total. The Bertz CT molecular complexity index is 597. The van der Waals surface area contributed by atoms with Crippen LogP contribution >= 0.6 is 0 Å². The Balaban J connectivity index is 2.23. The summed E-state index contributed by atoms with van der Waals surface area (Å²) in [5.74, 6) is 0.160. The quantitative estimate of drug-likeness (QED) is 0.929. The fraction of sp³-hybridized carbons (Fsp3) is 0.250. The molecule has 0 saturated carbocycles. The van der Waals surface area contributed by atoms with Crippen molar-refractivity contribution in [2.45, 2.75) is 20.3 Å². The third kappa shape index (κ3) is 3.15. The molecule has 2 rings (SSSR count). The molecule has 1 aromatic heterocycles. The van der Waals surface area contributed by atoms with Crippen LogP contribution in [0.5, 0.6) is 5.75 Å². The molecular formula is C16H18N2O2. The number of phenolic OH excluding ortho intramolecular Hbond substituents is 1. The number of pyridine rings is 1. The van der Waals surface area contributed by atoms with E-state index in [-0.39, 0.29) is 11.7 Å². The maximum Gasteiger partial charge on any atom is 0.231 e. The number of aromatic hydroxyl groups is 1. The fourth-order valence-electron chi connectivity index (χ4n) is 2.14. The van der Waals surface area contributed by atoms with E-state index in [2.05, 4.69) is 4.98 Å². The van der Waals surface area contributed by atoms with Gasteiger partial charge in [-0.25, -0.2) is 0 Å². The first-order valence-corrected chi connectivity index (χ1v) is 6.60. The fourth-order valence-corrected chi connectivity index (χ4v) is 2.14. The average Bonchev–Trinajstić information content (AvgIpc) is 2.44. The van der Waals surface area contributed by atoms with E-state index < -0.39 is 0 Å². The molecule has 0 aliphatic heterocycles. The van der Waals surface area contributed by atoms with Crippen LogP contribution in [0, 0.1) is 6.92 Å². The van der Waals surface area contributed by atoms with Crippen LogP contribution in [-0.2, 0) is 11.2 Å². The molecule has 2 aromatic rings. The zero-order chi connectivity index (χ0) is 14.5. The summed E-state index contributed by atoms with van der Waals surface area (Å²) in [7, 11) is 0. The van der Waals surface area contributed by atoms with Crippen LogP contribution in [-0.4, -0.2) is 22.5 Å². The molecule has 0 unspecified atom stereocenters. The van der Waals surface area contributed by atoms with Crippen molar-refractivity contribution in [1.29, 1.82) is 0 Å². The highest BCUT2D eigenvalue weighted by atomic mass is 16.3. The molecule has 0 atom stereocenters. The summed E-state index contributed by atoms with van der Waals surface area (Å²) in [6.45, 7) is 4.41. The predicted molar refractivity (Wildman–Crippen MR) is 78.8 cm³/mol. The highest BCUT2D eigenvalue weighted by Gasteiger charge is 2.16. The molecule has 0 spiro atoms. The molecule has 0 aliphatic rings. The number of hydrogen-bond acceptors (Lipinski definition) is 3. The predicted octanol–water partition coefficient (Wildman–Crippen LogP) is 2.69. The van der Waals surface area contributed by atoms with Crippen molar-refractivity contribution < 1.29 is 9.90 Å². The molecule has 1 N–H and O–H groups in total. The Morgan fingerprint density at radius 2 is 2.15 bits per heavy atom. The third-order valence-corrected chi connectivity index (χ3v) is 3.18. The summed E-state index contributed by atoms with van der Waals surface area (Å²) in [4.78, 5) is 18.1. The summed E-state index contributed by atoms with van der Waals surface area (Å²) < 4.78 is 0. The van der Waals surface area contributed by atoms with Gasteiger partial charge in [-0.2, -0.15) is 0 Å². The first kappa shape index (κ1) is 14.1. The lowest BCUT2D eigenvalue weighted by Crippen LogP contribution is -2.32. The van der Waals surface area contributed by atoms with E-state index in [9.17, 15) is 9.90 Å². The number of hydrogen-bond donors (Lipinski definition) is 1. The molecular weight excluding hydrogens is 252 g/mol. The van der Waals surface area contributed by atoms with Gasteiger partial charge in [0.1, 0.15) is 5.75 Å². The van der Waals surface area contributed by atoms with Crippen LogP contribution in [0.25, 0.3) is 0 Å². The lowest BCUT2D eigenvalue weighted by atomic mass is 10.1. The van der Waals surface area contributed by atoms with Crippen LogP contribution < -0.4 is 4.90 Å². The Kier molecular flexibility index (Phi) is 4.35. The number of amides is 1. The zero-order valence-corrected chi connectivity index (χ0v) is 11.7. The number of likely N-dealkylation sites (N-methyl/N-ethyl adjacent to an activating group) is 1. The van der Waals surface area contributed by atoms with Gasteiger partial charge in [-0.15, -0.1) is 0 Å². The van der Waals surface area contributed by atoms with Gasteiger partial charge in [0.05, 0.1) is 12.1 Å². The molecule has 0 saturated heterocycles. The molecule has 0 bridgehead atoms. The van der Waals surface area contributed by atoms with E-state index in [0.717, 1.165) is 16.8 Å². The number of benzene rings is 1. The third-order valence-electron chi connectivity index (χ3n) is 3.18. The van der Waals surface area contributed by atoms with Gasteiger partial charge >= 0.3 is 0 Å². The summed E-state index contributed by atoms with van der Waals surface area (Å²) in [5, 5.41) is 9.61. The Hall–Kier alpha value is -2.36. The topological polar surface area (TPSA) is 53.4 Å². The Labute approximate surface area is 118 Å². The molecule has 0 fully saturated rings. The van der Waals surface area contributed by atoms with Gasteiger partial charge in [-0.05, 0) is 37.1 Å². The van der Waals surface area contributed by atoms with Crippen LogP contribution in [0.3, 0.4) is 0 Å². The van der Waals surface area contributed by atoms with E-state index in [1.807, 2.05) is 32.0 Å². The highest BCUT2D eigenvalue weighted by Crippen LogP contribution is 2.25. The summed E-state index contributed by atoms with van der Waals surface area (Å²) >= 11 is 0. The van der Waals surface area contributed by atoms with Crippen molar-refractivity contribution in [3.63, 3.8) is 0 Å². The normalized spacial score (nSPS) is 10.3. The summed E-state index contributed by atoms with van der Waals surface area (Å²) in [6.07, 6.45) is 3.68. The van der Waals surface area contributed by atoms with Crippen molar-refractivity contribution >= 4 is 11.6 Å². The van der Waals surface area contributed by atoms with E-state index in [1.165, 1.54) is 0 Å². The number of nitrogens with zero attached hydrogens (tertiary/aromatic N) is 2. The van der Waals surface area contributed by atoms with Gasteiger partial charge in [0, 0.05) is 25.0 Å². The maximum absolute atomic E-state index is 12.4. The molecule has 1 aromatic carbocycles. The lowest BCUT2D eigenvalue weighted by molar-refractivity contribution is -0.117. The van der Waals surface area contributed by atoms with Gasteiger partial charge < -0.3 is 10.0 Å². The number of carbonyl (C=O) groups is 1. The van der Waals surface area contributed by atoms with Gasteiger partial charge in [0.25, 0.3) is 0 Å². The largest absolute Gasteiger partial charge is 0.508 e. The second-order valence-electron chi connectivity index (χ2n) is 4.65. The number of phenols is 1. The van der Waals surface area contributed by atoms with Crippen LogP contribution in [0.15, 0.2) is 42.7 Å². The number of aromatic nitrogens is 1. The van der Waals surface area contributed by atoms with Crippen molar-refractivity contribution in [3.8, 4) is 5.75 Å². The second kappa shape index (κ2) is 6.19. The van der Waals surface area contributed by atoms with E-state index >= 15 is 0 Å². The van der Waals surface area contributed by atoms with Gasteiger partial charge in [-0.1, -0.05) is 12.1 Å². The minimum atomic E-state index is -0.00537. The number of anilines is 1. The summed E-state index contributed by atoms with van der Waals surface area (Å²) in [6, 6.07) is 8.76. The Morgan fingerprint density at radius 3 is 2.80 bits per heavy atom. The first-order valence-electron chi connectivity index (χ1n) is 6.60.